The molecule has 0 aliphatic rings. The summed E-state index contributed by atoms with van der Waals surface area (Å²) in [4.78, 5) is 0. The molecule has 3 aromatic rings. The maximum Gasteiger partial charge on any atom is 0.160 e. The molecule has 23 heavy (non-hydrogen) atoms. The molecular weight excluding hydrogens is 288 g/mol. The highest BCUT2D eigenvalue weighted by Gasteiger charge is 2.09. The van der Waals surface area contributed by atoms with Gasteiger partial charge < -0.3 is 14.0 Å². The van der Waals surface area contributed by atoms with Gasteiger partial charge in [0.1, 0.15) is 6.07 Å². The first-order valence-electron chi connectivity index (χ1n) is 7.35. The number of methoxy groups -OCH3 is 2. The monoisotopic (exact) mass is 306 g/mol. The number of fused-ring (bicyclic) bond motifs is 1. The molecule has 0 unspecified atom stereocenters. The molecule has 1 aromatic heterocycles. The van der Waals surface area contributed by atoms with Gasteiger partial charge in [0.2, 0.25) is 0 Å². The minimum absolute atomic E-state index is 0.705. The Bertz CT molecular complexity index is 904. The highest BCUT2D eigenvalue weighted by Crippen LogP contribution is 2.29. The molecule has 0 aliphatic carbocycles. The van der Waals surface area contributed by atoms with Gasteiger partial charge >= 0.3 is 0 Å². The maximum atomic E-state index is 9.26. The molecule has 0 aliphatic heterocycles. The van der Waals surface area contributed by atoms with Crippen molar-refractivity contribution in [3.05, 3.63) is 59.3 Å². The predicted molar refractivity (Wildman–Crippen MR) is 90.0 cm³/mol. The molecule has 0 saturated carbocycles. The van der Waals surface area contributed by atoms with Gasteiger partial charge in [-0.15, -0.1) is 0 Å². The highest BCUT2D eigenvalue weighted by atomic mass is 16.5. The van der Waals surface area contributed by atoms with E-state index in [1.807, 2.05) is 36.0 Å². The number of ether oxygens (including phenoxy) is 2. The Hall–Kier alpha value is -2.93. The van der Waals surface area contributed by atoms with E-state index in [1.54, 1.807) is 14.2 Å². The van der Waals surface area contributed by atoms with Crippen LogP contribution in [0.3, 0.4) is 0 Å². The normalized spacial score (nSPS) is 10.5. The summed E-state index contributed by atoms with van der Waals surface area (Å²) in [6.45, 7) is 0. The molecule has 0 atom stereocenters. The summed E-state index contributed by atoms with van der Waals surface area (Å²) in [6.07, 6.45) is 2.64. The van der Waals surface area contributed by atoms with E-state index in [-0.39, 0.29) is 0 Å². The van der Waals surface area contributed by atoms with Crippen LogP contribution in [0.15, 0.2) is 42.6 Å². The SMILES string of the molecule is COc1ccc(Cc2ccc3c(c2)c(C#N)cn3C)cc1OC. The average molecular weight is 306 g/mol. The van der Waals surface area contributed by atoms with Gasteiger partial charge in [0.05, 0.1) is 19.8 Å². The Morgan fingerprint density at radius 3 is 2.39 bits per heavy atom. The molecule has 0 saturated heterocycles. The second-order valence-electron chi connectivity index (χ2n) is 5.48. The summed E-state index contributed by atoms with van der Waals surface area (Å²) >= 11 is 0. The van der Waals surface area contributed by atoms with Crippen LogP contribution in [-0.4, -0.2) is 18.8 Å². The van der Waals surface area contributed by atoms with Gasteiger partial charge in [-0.3, -0.25) is 0 Å². The van der Waals surface area contributed by atoms with Crippen molar-refractivity contribution in [3.8, 4) is 17.6 Å². The van der Waals surface area contributed by atoms with E-state index < -0.39 is 0 Å². The molecule has 1 heterocycles. The quantitative estimate of drug-likeness (QED) is 0.739. The Morgan fingerprint density at radius 2 is 1.70 bits per heavy atom. The van der Waals surface area contributed by atoms with Crippen LogP contribution in [-0.2, 0) is 13.5 Å². The summed E-state index contributed by atoms with van der Waals surface area (Å²) in [7, 11) is 5.22. The third-order valence-electron chi connectivity index (χ3n) is 4.03. The van der Waals surface area contributed by atoms with Crippen LogP contribution in [0.1, 0.15) is 16.7 Å². The minimum Gasteiger partial charge on any atom is -0.493 e. The molecule has 3 rings (SSSR count). The van der Waals surface area contributed by atoms with Crippen LogP contribution >= 0.6 is 0 Å². The third-order valence-corrected chi connectivity index (χ3v) is 4.03. The Kier molecular flexibility index (Phi) is 3.94. The fourth-order valence-electron chi connectivity index (χ4n) is 2.86. The van der Waals surface area contributed by atoms with Gasteiger partial charge in [0, 0.05) is 24.1 Å². The zero-order chi connectivity index (χ0) is 16.4. The molecule has 0 fully saturated rings. The fourth-order valence-corrected chi connectivity index (χ4v) is 2.86. The van der Waals surface area contributed by atoms with Crippen molar-refractivity contribution in [1.82, 2.24) is 4.57 Å². The van der Waals surface area contributed by atoms with Gasteiger partial charge in [0.25, 0.3) is 0 Å². The Balaban J connectivity index is 1.97. The van der Waals surface area contributed by atoms with Crippen molar-refractivity contribution < 1.29 is 9.47 Å². The number of aromatic nitrogens is 1. The molecular formula is C19H18N2O2. The van der Waals surface area contributed by atoms with Crippen LogP contribution in [0, 0.1) is 11.3 Å². The van der Waals surface area contributed by atoms with Crippen LogP contribution < -0.4 is 9.47 Å². The van der Waals surface area contributed by atoms with E-state index in [9.17, 15) is 5.26 Å². The lowest BCUT2D eigenvalue weighted by Gasteiger charge is -2.10. The molecule has 0 N–H and O–H groups in total. The summed E-state index contributed by atoms with van der Waals surface area (Å²) in [5.74, 6) is 1.45. The van der Waals surface area contributed by atoms with Gasteiger partial charge in [-0.2, -0.15) is 5.26 Å². The zero-order valence-electron chi connectivity index (χ0n) is 13.5. The van der Waals surface area contributed by atoms with Crippen molar-refractivity contribution in [1.29, 1.82) is 5.26 Å². The number of rotatable bonds is 4. The topological polar surface area (TPSA) is 47.2 Å². The van der Waals surface area contributed by atoms with Gasteiger partial charge in [0.15, 0.2) is 11.5 Å². The molecule has 0 amide bonds. The number of hydrogen-bond donors (Lipinski definition) is 0. The van der Waals surface area contributed by atoms with Crippen molar-refractivity contribution in [3.63, 3.8) is 0 Å². The number of benzene rings is 2. The largest absolute Gasteiger partial charge is 0.493 e. The molecule has 116 valence electrons. The summed E-state index contributed by atoms with van der Waals surface area (Å²) in [5.41, 5.74) is 4.07. The predicted octanol–water partition coefficient (Wildman–Crippen LogP) is 3.66. The van der Waals surface area contributed by atoms with E-state index in [1.165, 1.54) is 0 Å². The summed E-state index contributed by atoms with van der Waals surface area (Å²) < 4.78 is 12.6. The summed E-state index contributed by atoms with van der Waals surface area (Å²) in [6, 6.07) is 14.4. The first-order chi connectivity index (χ1) is 11.2. The first-order valence-corrected chi connectivity index (χ1v) is 7.35. The minimum atomic E-state index is 0.705. The second-order valence-corrected chi connectivity index (χ2v) is 5.48. The molecule has 0 radical (unpaired) electrons. The zero-order valence-corrected chi connectivity index (χ0v) is 13.5. The van der Waals surface area contributed by atoms with E-state index in [0.717, 1.165) is 39.9 Å². The molecule has 0 bridgehead atoms. The Morgan fingerprint density at radius 1 is 1.00 bits per heavy atom. The van der Waals surface area contributed by atoms with Crippen LogP contribution in [0.4, 0.5) is 0 Å². The van der Waals surface area contributed by atoms with E-state index in [2.05, 4.69) is 24.3 Å². The second kappa shape index (κ2) is 6.05. The van der Waals surface area contributed by atoms with Gasteiger partial charge in [-0.05, 0) is 41.8 Å². The van der Waals surface area contributed by atoms with Crippen molar-refractivity contribution in [2.45, 2.75) is 6.42 Å². The lowest BCUT2D eigenvalue weighted by molar-refractivity contribution is 0.354. The van der Waals surface area contributed by atoms with Crippen LogP contribution in [0.25, 0.3) is 10.9 Å². The third kappa shape index (κ3) is 2.74. The van der Waals surface area contributed by atoms with Crippen molar-refractivity contribution in [2.24, 2.45) is 7.05 Å². The Labute approximate surface area is 135 Å². The highest BCUT2D eigenvalue weighted by molar-refractivity contribution is 5.87. The molecule has 4 nitrogen and oxygen atoms in total. The molecule has 2 aromatic carbocycles. The van der Waals surface area contributed by atoms with Crippen LogP contribution in [0.5, 0.6) is 11.5 Å². The average Bonchev–Trinajstić information content (AvgIpc) is 2.90. The lowest BCUT2D eigenvalue weighted by atomic mass is 10.0. The van der Waals surface area contributed by atoms with Crippen molar-refractivity contribution in [2.75, 3.05) is 14.2 Å². The van der Waals surface area contributed by atoms with Crippen molar-refractivity contribution >= 4 is 10.9 Å². The summed E-state index contributed by atoms with van der Waals surface area (Å²) in [5, 5.41) is 10.3. The maximum absolute atomic E-state index is 9.26. The van der Waals surface area contributed by atoms with E-state index in [0.29, 0.717) is 5.56 Å². The van der Waals surface area contributed by atoms with Gasteiger partial charge in [-0.25, -0.2) is 0 Å². The number of nitrogens with zero attached hydrogens (tertiary/aromatic N) is 2. The molecule has 0 spiro atoms. The van der Waals surface area contributed by atoms with E-state index in [4.69, 9.17) is 9.47 Å². The number of aryl methyl sites for hydroxylation is 1. The van der Waals surface area contributed by atoms with E-state index >= 15 is 0 Å². The van der Waals surface area contributed by atoms with Crippen LogP contribution in [0.2, 0.25) is 0 Å². The fraction of sp³-hybridized carbons (Fsp3) is 0.211. The number of hydrogen-bond acceptors (Lipinski definition) is 3. The number of nitriles is 1. The smallest absolute Gasteiger partial charge is 0.160 e. The standard InChI is InChI=1S/C19H18N2O2/c1-21-12-15(11-20)16-9-13(4-6-17(16)21)8-14-5-7-18(22-2)19(10-14)23-3/h4-7,9-10,12H,8H2,1-3H3. The first kappa shape index (κ1) is 15.0. The van der Waals surface area contributed by atoms with Gasteiger partial charge in [-0.1, -0.05) is 12.1 Å². The molecule has 4 heteroatoms. The lowest BCUT2D eigenvalue weighted by Crippen LogP contribution is -1.94.